The van der Waals surface area contributed by atoms with Crippen LogP contribution >= 0.6 is 31.9 Å². The molecule has 2 rings (SSSR count). The van der Waals surface area contributed by atoms with Gasteiger partial charge in [0.15, 0.2) is 0 Å². The highest BCUT2D eigenvalue weighted by Crippen LogP contribution is 2.29. The van der Waals surface area contributed by atoms with Gasteiger partial charge in [-0.05, 0) is 62.0 Å². The number of nitrogens with zero attached hydrogens (tertiary/aromatic N) is 1. The Kier molecular flexibility index (Phi) is 4.78. The van der Waals surface area contributed by atoms with Gasteiger partial charge in [-0.25, -0.2) is 4.98 Å². The summed E-state index contributed by atoms with van der Waals surface area (Å²) in [7, 11) is 0. The third-order valence-corrected chi connectivity index (χ3v) is 3.45. The van der Waals surface area contributed by atoms with E-state index in [2.05, 4.69) is 55.9 Å². The molecule has 0 unspecified atom stereocenters. The van der Waals surface area contributed by atoms with Crippen LogP contribution in [0.5, 0.6) is 11.6 Å². The summed E-state index contributed by atoms with van der Waals surface area (Å²) in [5.74, 6) is 1.37. The van der Waals surface area contributed by atoms with Gasteiger partial charge < -0.3 is 4.74 Å². The van der Waals surface area contributed by atoms with Crippen LogP contribution < -0.4 is 4.74 Å². The van der Waals surface area contributed by atoms with Gasteiger partial charge in [0.25, 0.3) is 0 Å². The van der Waals surface area contributed by atoms with Crippen LogP contribution in [-0.2, 0) is 6.42 Å². The zero-order chi connectivity index (χ0) is 13.0. The van der Waals surface area contributed by atoms with Gasteiger partial charge in [-0.15, -0.1) is 0 Å². The van der Waals surface area contributed by atoms with Crippen molar-refractivity contribution in [2.75, 3.05) is 0 Å². The molecule has 4 heteroatoms. The van der Waals surface area contributed by atoms with E-state index in [0.29, 0.717) is 5.88 Å². The lowest BCUT2D eigenvalue weighted by molar-refractivity contribution is 0.459. The predicted octanol–water partition coefficient (Wildman–Crippen LogP) is 5.35. The second-order valence-corrected chi connectivity index (χ2v) is 5.71. The SMILES string of the molecule is CCCc1ccc(Oc2ncc(Br)cc2Br)cc1. The van der Waals surface area contributed by atoms with E-state index < -0.39 is 0 Å². The minimum atomic E-state index is 0.571. The summed E-state index contributed by atoms with van der Waals surface area (Å²) in [6.45, 7) is 2.17. The minimum Gasteiger partial charge on any atom is -0.438 e. The monoisotopic (exact) mass is 369 g/mol. The highest BCUT2D eigenvalue weighted by Gasteiger charge is 2.05. The molecule has 94 valence electrons. The Morgan fingerprint density at radius 1 is 1.17 bits per heavy atom. The van der Waals surface area contributed by atoms with Gasteiger partial charge in [0.05, 0.1) is 4.47 Å². The number of hydrogen-bond acceptors (Lipinski definition) is 2. The van der Waals surface area contributed by atoms with E-state index in [4.69, 9.17) is 4.74 Å². The standard InChI is InChI=1S/C14H13Br2NO/c1-2-3-10-4-6-12(7-5-10)18-14-13(16)8-11(15)9-17-14/h4-9H,2-3H2,1H3. The molecule has 2 aromatic rings. The molecule has 2 nitrogen and oxygen atoms in total. The van der Waals surface area contributed by atoms with Gasteiger partial charge in [-0.3, -0.25) is 0 Å². The normalized spacial score (nSPS) is 10.4. The van der Waals surface area contributed by atoms with Crippen LogP contribution in [0.2, 0.25) is 0 Å². The number of hydrogen-bond donors (Lipinski definition) is 0. The van der Waals surface area contributed by atoms with Crippen LogP contribution in [0.15, 0.2) is 45.5 Å². The maximum atomic E-state index is 5.72. The average molecular weight is 371 g/mol. The highest BCUT2D eigenvalue weighted by molar-refractivity contribution is 9.11. The second kappa shape index (κ2) is 6.34. The molecular formula is C14H13Br2NO. The number of aromatic nitrogens is 1. The van der Waals surface area contributed by atoms with Crippen molar-refractivity contribution in [2.24, 2.45) is 0 Å². The van der Waals surface area contributed by atoms with E-state index in [1.807, 2.05) is 18.2 Å². The Labute approximate surface area is 124 Å². The molecule has 1 heterocycles. The van der Waals surface area contributed by atoms with Crippen LogP contribution in [0.25, 0.3) is 0 Å². The van der Waals surface area contributed by atoms with Crippen molar-refractivity contribution >= 4 is 31.9 Å². The first-order valence-corrected chi connectivity index (χ1v) is 7.35. The number of pyridine rings is 1. The first-order chi connectivity index (χ1) is 8.69. The third-order valence-electron chi connectivity index (χ3n) is 2.45. The Bertz CT molecular complexity index is 526. The fourth-order valence-electron chi connectivity index (χ4n) is 1.60. The molecule has 0 saturated heterocycles. The molecule has 0 aliphatic rings. The van der Waals surface area contributed by atoms with Crippen molar-refractivity contribution in [3.8, 4) is 11.6 Å². The highest BCUT2D eigenvalue weighted by atomic mass is 79.9. The minimum absolute atomic E-state index is 0.571. The summed E-state index contributed by atoms with van der Waals surface area (Å²) in [6.07, 6.45) is 3.96. The van der Waals surface area contributed by atoms with E-state index >= 15 is 0 Å². The second-order valence-electron chi connectivity index (χ2n) is 3.94. The van der Waals surface area contributed by atoms with Crippen LogP contribution in [0.3, 0.4) is 0 Å². The van der Waals surface area contributed by atoms with Gasteiger partial charge in [0.2, 0.25) is 5.88 Å². The first kappa shape index (κ1) is 13.6. The lowest BCUT2D eigenvalue weighted by Crippen LogP contribution is -1.90. The molecule has 0 N–H and O–H groups in total. The Hall–Kier alpha value is -0.870. The lowest BCUT2D eigenvalue weighted by atomic mass is 10.1. The molecule has 1 aromatic heterocycles. The quantitative estimate of drug-likeness (QED) is 0.723. The van der Waals surface area contributed by atoms with E-state index in [1.54, 1.807) is 6.20 Å². The Morgan fingerprint density at radius 3 is 2.50 bits per heavy atom. The largest absolute Gasteiger partial charge is 0.438 e. The van der Waals surface area contributed by atoms with Gasteiger partial charge in [-0.2, -0.15) is 0 Å². The van der Waals surface area contributed by atoms with E-state index in [0.717, 1.165) is 27.5 Å². The van der Waals surface area contributed by atoms with Gasteiger partial charge in [0.1, 0.15) is 5.75 Å². The summed E-state index contributed by atoms with van der Waals surface area (Å²) in [4.78, 5) is 4.22. The number of ether oxygens (including phenoxy) is 1. The first-order valence-electron chi connectivity index (χ1n) is 5.77. The molecular weight excluding hydrogens is 358 g/mol. The number of rotatable bonds is 4. The zero-order valence-electron chi connectivity index (χ0n) is 9.99. The smallest absolute Gasteiger partial charge is 0.233 e. The van der Waals surface area contributed by atoms with Gasteiger partial charge in [0, 0.05) is 10.7 Å². The third kappa shape index (κ3) is 3.56. The van der Waals surface area contributed by atoms with Gasteiger partial charge >= 0.3 is 0 Å². The maximum absolute atomic E-state index is 5.72. The summed E-state index contributed by atoms with van der Waals surface area (Å²) in [6, 6.07) is 10.0. The Morgan fingerprint density at radius 2 is 1.89 bits per heavy atom. The number of aryl methyl sites for hydroxylation is 1. The predicted molar refractivity (Wildman–Crippen MR) is 80.1 cm³/mol. The molecule has 18 heavy (non-hydrogen) atoms. The van der Waals surface area contributed by atoms with E-state index in [9.17, 15) is 0 Å². The molecule has 0 spiro atoms. The topological polar surface area (TPSA) is 22.1 Å². The summed E-state index contributed by atoms with van der Waals surface area (Å²) in [5.41, 5.74) is 1.33. The fraction of sp³-hybridized carbons (Fsp3) is 0.214. The van der Waals surface area contributed by atoms with Crippen LogP contribution in [0.4, 0.5) is 0 Å². The van der Waals surface area contributed by atoms with Crippen molar-refractivity contribution in [3.63, 3.8) is 0 Å². The van der Waals surface area contributed by atoms with Crippen molar-refractivity contribution in [1.29, 1.82) is 0 Å². The van der Waals surface area contributed by atoms with Crippen LogP contribution in [0.1, 0.15) is 18.9 Å². The number of benzene rings is 1. The van der Waals surface area contributed by atoms with Crippen molar-refractivity contribution in [1.82, 2.24) is 4.98 Å². The molecule has 0 atom stereocenters. The van der Waals surface area contributed by atoms with Crippen molar-refractivity contribution in [3.05, 3.63) is 51.0 Å². The van der Waals surface area contributed by atoms with E-state index in [1.165, 1.54) is 5.56 Å². The fourth-order valence-corrected chi connectivity index (χ4v) is 2.67. The molecule has 0 bridgehead atoms. The van der Waals surface area contributed by atoms with Crippen LogP contribution in [-0.4, -0.2) is 4.98 Å². The lowest BCUT2D eigenvalue weighted by Gasteiger charge is -2.07. The summed E-state index contributed by atoms with van der Waals surface area (Å²) >= 11 is 6.79. The summed E-state index contributed by atoms with van der Waals surface area (Å²) in [5, 5.41) is 0. The molecule has 0 fully saturated rings. The molecule has 0 aliphatic heterocycles. The van der Waals surface area contributed by atoms with Gasteiger partial charge in [-0.1, -0.05) is 25.5 Å². The molecule has 1 aromatic carbocycles. The molecule has 0 amide bonds. The van der Waals surface area contributed by atoms with Crippen LogP contribution in [0, 0.1) is 0 Å². The average Bonchev–Trinajstić information content (AvgIpc) is 2.35. The number of halogens is 2. The summed E-state index contributed by atoms with van der Waals surface area (Å²) < 4.78 is 7.46. The molecule has 0 saturated carbocycles. The molecule has 0 aliphatic carbocycles. The van der Waals surface area contributed by atoms with Crippen molar-refractivity contribution < 1.29 is 4.74 Å². The van der Waals surface area contributed by atoms with E-state index in [-0.39, 0.29) is 0 Å². The maximum Gasteiger partial charge on any atom is 0.233 e. The zero-order valence-corrected chi connectivity index (χ0v) is 13.2. The molecule has 0 radical (unpaired) electrons. The Balaban J connectivity index is 2.13. The van der Waals surface area contributed by atoms with Crippen molar-refractivity contribution in [2.45, 2.75) is 19.8 Å².